The van der Waals surface area contributed by atoms with Gasteiger partial charge >= 0.3 is 11.9 Å². The molecule has 1 N–H and O–H groups in total. The maximum atomic E-state index is 11.9. The van der Waals surface area contributed by atoms with Crippen LogP contribution < -0.4 is 0 Å². The van der Waals surface area contributed by atoms with E-state index >= 15 is 0 Å². The first kappa shape index (κ1) is 11.9. The van der Waals surface area contributed by atoms with E-state index in [0.717, 1.165) is 12.8 Å². The number of hydrogen-bond acceptors (Lipinski definition) is 4. The van der Waals surface area contributed by atoms with Crippen molar-refractivity contribution in [1.82, 2.24) is 0 Å². The molecular formula is C12H14O5. The molecule has 1 saturated heterocycles. The summed E-state index contributed by atoms with van der Waals surface area (Å²) in [5.74, 6) is -1.81. The Morgan fingerprint density at radius 2 is 1.94 bits per heavy atom. The lowest BCUT2D eigenvalue weighted by Crippen LogP contribution is -2.39. The summed E-state index contributed by atoms with van der Waals surface area (Å²) in [6.07, 6.45) is 7.61. The Balaban J connectivity index is 2.10. The van der Waals surface area contributed by atoms with Gasteiger partial charge < -0.3 is 14.6 Å². The molecule has 2 unspecified atom stereocenters. The van der Waals surface area contributed by atoms with Gasteiger partial charge in [0.1, 0.15) is 0 Å². The van der Waals surface area contributed by atoms with Crippen LogP contribution in [0.1, 0.15) is 19.8 Å². The molecule has 0 aromatic carbocycles. The van der Waals surface area contributed by atoms with Crippen molar-refractivity contribution in [3.8, 4) is 0 Å². The number of carbonyl (C=O) groups is 2. The molecule has 0 radical (unpaired) electrons. The molecule has 0 bridgehead atoms. The molecule has 0 amide bonds. The van der Waals surface area contributed by atoms with Crippen molar-refractivity contribution >= 4 is 11.9 Å². The first-order chi connectivity index (χ1) is 8.09. The molecule has 0 spiro atoms. The highest BCUT2D eigenvalue weighted by molar-refractivity contribution is 6.01. The van der Waals surface area contributed by atoms with E-state index in [1.54, 1.807) is 12.2 Å². The summed E-state index contributed by atoms with van der Waals surface area (Å²) < 4.78 is 10.2. The number of fused-ring (bicyclic) bond motifs is 1. The van der Waals surface area contributed by atoms with Gasteiger partial charge in [-0.15, -0.1) is 0 Å². The highest BCUT2D eigenvalue weighted by atomic mass is 16.7. The molecule has 1 aliphatic carbocycles. The lowest BCUT2D eigenvalue weighted by atomic mass is 9.88. The quantitative estimate of drug-likeness (QED) is 0.440. The second kappa shape index (κ2) is 4.00. The molecule has 5 nitrogen and oxygen atoms in total. The van der Waals surface area contributed by atoms with Crippen molar-refractivity contribution in [3.63, 3.8) is 0 Å². The first-order valence-electron chi connectivity index (χ1n) is 5.57. The Morgan fingerprint density at radius 1 is 1.29 bits per heavy atom. The lowest BCUT2D eigenvalue weighted by molar-refractivity contribution is -0.149. The van der Waals surface area contributed by atoms with Gasteiger partial charge in [-0.05, 0) is 18.6 Å². The lowest BCUT2D eigenvalue weighted by Gasteiger charge is -2.12. The van der Waals surface area contributed by atoms with Crippen LogP contribution in [0.25, 0.3) is 0 Å². The maximum Gasteiger partial charge on any atom is 0.346 e. The predicted octanol–water partition coefficient (Wildman–Crippen LogP) is 1.05. The molecule has 2 atom stereocenters. The van der Waals surface area contributed by atoms with Crippen LogP contribution >= 0.6 is 0 Å². The minimum Gasteiger partial charge on any atom is -0.479 e. The zero-order valence-corrected chi connectivity index (χ0v) is 9.51. The summed E-state index contributed by atoms with van der Waals surface area (Å²) in [7, 11) is 0. The largest absolute Gasteiger partial charge is 0.479 e. The number of esters is 1. The molecule has 0 saturated carbocycles. The minimum absolute atomic E-state index is 0.285. The van der Waals surface area contributed by atoms with Gasteiger partial charge in [-0.3, -0.25) is 0 Å². The zero-order valence-electron chi connectivity index (χ0n) is 9.51. The highest BCUT2D eigenvalue weighted by Gasteiger charge is 2.79. The van der Waals surface area contributed by atoms with Gasteiger partial charge in [0.15, 0.2) is 0 Å². The number of carboxylic acid groups (broad SMARTS) is 1. The third-order valence-corrected chi connectivity index (χ3v) is 2.96. The molecule has 0 aromatic rings. The van der Waals surface area contributed by atoms with E-state index in [0.29, 0.717) is 0 Å². The van der Waals surface area contributed by atoms with Crippen LogP contribution in [-0.4, -0.2) is 34.9 Å². The smallest absolute Gasteiger partial charge is 0.346 e. The number of carbonyl (C=O) groups excluding carboxylic acids is 1. The van der Waals surface area contributed by atoms with Gasteiger partial charge in [0.25, 0.3) is 0 Å². The summed E-state index contributed by atoms with van der Waals surface area (Å²) >= 11 is 0. The van der Waals surface area contributed by atoms with E-state index in [2.05, 4.69) is 0 Å². The summed E-state index contributed by atoms with van der Waals surface area (Å²) in [5, 5.41) is 9.11. The van der Waals surface area contributed by atoms with Crippen LogP contribution in [0.5, 0.6) is 0 Å². The Kier molecular flexibility index (Phi) is 2.79. The van der Waals surface area contributed by atoms with E-state index in [9.17, 15) is 9.59 Å². The van der Waals surface area contributed by atoms with Crippen LogP contribution in [0.15, 0.2) is 24.3 Å². The Morgan fingerprint density at radius 3 is 2.53 bits per heavy atom. The van der Waals surface area contributed by atoms with Crippen LogP contribution in [0, 0.1) is 0 Å². The number of epoxide rings is 1. The van der Waals surface area contributed by atoms with Crippen molar-refractivity contribution in [2.45, 2.75) is 31.0 Å². The van der Waals surface area contributed by atoms with E-state index in [1.165, 1.54) is 12.2 Å². The minimum atomic E-state index is -1.56. The van der Waals surface area contributed by atoms with Gasteiger partial charge in [0, 0.05) is 0 Å². The van der Waals surface area contributed by atoms with Crippen LogP contribution in [-0.2, 0) is 19.1 Å². The molecule has 92 valence electrons. The van der Waals surface area contributed by atoms with Crippen molar-refractivity contribution in [2.75, 3.05) is 6.61 Å². The van der Waals surface area contributed by atoms with E-state index in [4.69, 9.17) is 14.6 Å². The van der Waals surface area contributed by atoms with Crippen molar-refractivity contribution < 1.29 is 24.2 Å². The second-order valence-corrected chi connectivity index (χ2v) is 4.09. The van der Waals surface area contributed by atoms with Gasteiger partial charge in [0.05, 0.1) is 6.61 Å². The van der Waals surface area contributed by atoms with Gasteiger partial charge in [-0.1, -0.05) is 25.5 Å². The standard InChI is InChI=1S/C12H14O5/c1-2-3-8-16-10(15)12-7-5-4-6-11(12,17-12)9(13)14/h4-7H,2-3,8H2,1H3,(H,13,14). The van der Waals surface area contributed by atoms with E-state index in [-0.39, 0.29) is 6.61 Å². The monoisotopic (exact) mass is 238 g/mol. The highest BCUT2D eigenvalue weighted by Crippen LogP contribution is 2.53. The van der Waals surface area contributed by atoms with Crippen molar-refractivity contribution in [2.24, 2.45) is 0 Å². The number of aliphatic carboxylic acids is 1. The fourth-order valence-electron chi connectivity index (χ4n) is 1.88. The average Bonchev–Trinajstić information content (AvgIpc) is 3.01. The second-order valence-electron chi connectivity index (χ2n) is 4.09. The number of rotatable bonds is 5. The molecule has 17 heavy (non-hydrogen) atoms. The third-order valence-electron chi connectivity index (χ3n) is 2.96. The van der Waals surface area contributed by atoms with Crippen molar-refractivity contribution in [1.29, 1.82) is 0 Å². The van der Waals surface area contributed by atoms with Crippen LogP contribution in [0.4, 0.5) is 0 Å². The van der Waals surface area contributed by atoms with E-state index in [1.807, 2.05) is 6.92 Å². The summed E-state index contributed by atoms with van der Waals surface area (Å²) in [6, 6.07) is 0. The number of hydrogen-bond donors (Lipinski definition) is 1. The summed E-state index contributed by atoms with van der Waals surface area (Å²) in [4.78, 5) is 23.0. The van der Waals surface area contributed by atoms with Crippen molar-refractivity contribution in [3.05, 3.63) is 24.3 Å². The molecule has 0 aromatic heterocycles. The summed E-state index contributed by atoms with van der Waals surface area (Å²) in [5.41, 5.74) is -3.02. The van der Waals surface area contributed by atoms with Gasteiger partial charge in [-0.25, -0.2) is 9.59 Å². The number of ether oxygens (including phenoxy) is 2. The number of carboxylic acids is 1. The fourth-order valence-corrected chi connectivity index (χ4v) is 1.88. The SMILES string of the molecule is CCCCOC(=O)C12C=CC=CC1(C(=O)O)O2. The molecule has 5 heteroatoms. The fraction of sp³-hybridized carbons (Fsp3) is 0.500. The molecule has 1 aliphatic heterocycles. The van der Waals surface area contributed by atoms with Gasteiger partial charge in [-0.2, -0.15) is 0 Å². The van der Waals surface area contributed by atoms with E-state index < -0.39 is 23.1 Å². The normalized spacial score (nSPS) is 33.0. The topological polar surface area (TPSA) is 76.1 Å². The molecule has 2 rings (SSSR count). The first-order valence-corrected chi connectivity index (χ1v) is 5.57. The van der Waals surface area contributed by atoms with Crippen LogP contribution in [0.2, 0.25) is 0 Å². The van der Waals surface area contributed by atoms with Crippen LogP contribution in [0.3, 0.4) is 0 Å². The molecule has 1 fully saturated rings. The third kappa shape index (κ3) is 1.58. The number of allylic oxidation sites excluding steroid dienone is 2. The Labute approximate surface area is 98.7 Å². The molecule has 2 aliphatic rings. The Bertz CT molecular complexity index is 411. The molecular weight excluding hydrogens is 224 g/mol. The number of unbranched alkanes of at least 4 members (excludes halogenated alkanes) is 1. The average molecular weight is 238 g/mol. The maximum absolute atomic E-state index is 11.9. The Hall–Kier alpha value is -1.62. The zero-order chi connectivity index (χ0) is 12.5. The molecule has 1 heterocycles. The predicted molar refractivity (Wildman–Crippen MR) is 58.3 cm³/mol. The van der Waals surface area contributed by atoms with Gasteiger partial charge in [0.2, 0.25) is 11.2 Å². The summed E-state index contributed by atoms with van der Waals surface area (Å²) in [6.45, 7) is 2.26.